The van der Waals surface area contributed by atoms with Gasteiger partial charge in [0.1, 0.15) is 23.3 Å². The summed E-state index contributed by atoms with van der Waals surface area (Å²) in [4.78, 5) is 18.6. The highest BCUT2D eigenvalue weighted by molar-refractivity contribution is 6.30. The molecule has 1 unspecified atom stereocenters. The summed E-state index contributed by atoms with van der Waals surface area (Å²) in [7, 11) is 4.72. The lowest BCUT2D eigenvalue weighted by Crippen LogP contribution is -2.31. The maximum absolute atomic E-state index is 13.9. The molecule has 9 nitrogen and oxygen atoms in total. The van der Waals surface area contributed by atoms with E-state index in [-0.39, 0.29) is 5.91 Å². The second-order valence-corrected chi connectivity index (χ2v) is 8.98. The Labute approximate surface area is 225 Å². The number of fused-ring (bicyclic) bond motifs is 1. The molecule has 0 fully saturated rings. The van der Waals surface area contributed by atoms with Gasteiger partial charge in [-0.2, -0.15) is 4.98 Å². The fraction of sp³-hybridized carbons (Fsp3) is 0.179. The molecule has 1 aromatic heterocycles. The van der Waals surface area contributed by atoms with Crippen LogP contribution in [0.15, 0.2) is 78.0 Å². The number of allylic oxidation sites excluding steroid dienone is 1. The number of nitrogens with one attached hydrogen (secondary N) is 2. The quantitative estimate of drug-likeness (QED) is 0.322. The van der Waals surface area contributed by atoms with Gasteiger partial charge >= 0.3 is 0 Å². The third kappa shape index (κ3) is 4.64. The lowest BCUT2D eigenvalue weighted by Gasteiger charge is -2.29. The zero-order valence-corrected chi connectivity index (χ0v) is 22.0. The molecular weight excluding hydrogens is 506 g/mol. The Balaban J connectivity index is 1.65. The first-order valence-corrected chi connectivity index (χ1v) is 12.2. The molecule has 1 amide bonds. The number of hydrogen-bond donors (Lipinski definition) is 2. The van der Waals surface area contributed by atoms with Crippen molar-refractivity contribution in [1.29, 1.82) is 0 Å². The number of amides is 1. The van der Waals surface area contributed by atoms with Crippen LogP contribution in [0.1, 0.15) is 18.5 Å². The molecule has 1 aliphatic heterocycles. The molecule has 0 spiro atoms. The van der Waals surface area contributed by atoms with Crippen LogP contribution in [0.2, 0.25) is 5.02 Å². The molecule has 0 bridgehead atoms. The summed E-state index contributed by atoms with van der Waals surface area (Å²) in [6.45, 7) is 1.83. The molecule has 0 aliphatic carbocycles. The Bertz CT molecular complexity index is 1550. The van der Waals surface area contributed by atoms with E-state index in [4.69, 9.17) is 35.9 Å². The predicted molar refractivity (Wildman–Crippen MR) is 146 cm³/mol. The molecule has 2 heterocycles. The van der Waals surface area contributed by atoms with Gasteiger partial charge in [-0.3, -0.25) is 4.79 Å². The standard InChI is InChI=1S/C28H26ClN5O4/c1-16-24(27(35)31-21-10-5-6-11-22(21)37-3)25(20-13-12-19(36-2)15-23(20)38-4)34-28(30-16)32-26(33-34)17-8-7-9-18(29)14-17/h5-15,25H,1-4H3,(H,31,35)(H,30,32,33). The number of para-hydroxylation sites is 2. The number of carbonyl (C=O) groups is 1. The Morgan fingerprint density at radius 1 is 0.974 bits per heavy atom. The average molecular weight is 532 g/mol. The SMILES string of the molecule is COc1ccc(C2C(C(=O)Nc3ccccc3OC)=C(C)Nc3nc(-c4cccc(Cl)c4)nn32)c(OC)c1. The third-order valence-electron chi connectivity index (χ3n) is 6.27. The topological polar surface area (TPSA) is 99.5 Å². The highest BCUT2D eigenvalue weighted by Crippen LogP contribution is 2.41. The number of aromatic nitrogens is 3. The summed E-state index contributed by atoms with van der Waals surface area (Å²) in [5.74, 6) is 2.33. The normalized spacial score (nSPS) is 14.4. The van der Waals surface area contributed by atoms with E-state index in [0.29, 0.717) is 56.6 Å². The molecule has 0 saturated heterocycles. The first kappa shape index (κ1) is 25.2. The van der Waals surface area contributed by atoms with Gasteiger partial charge in [0.2, 0.25) is 5.95 Å². The number of hydrogen-bond acceptors (Lipinski definition) is 7. The minimum atomic E-state index is -0.665. The summed E-state index contributed by atoms with van der Waals surface area (Å²) < 4.78 is 18.2. The number of anilines is 2. The van der Waals surface area contributed by atoms with E-state index >= 15 is 0 Å². The fourth-order valence-electron chi connectivity index (χ4n) is 4.46. The zero-order valence-electron chi connectivity index (χ0n) is 21.3. The van der Waals surface area contributed by atoms with E-state index in [9.17, 15) is 4.79 Å². The number of carbonyl (C=O) groups excluding carboxylic acids is 1. The fourth-order valence-corrected chi connectivity index (χ4v) is 4.65. The summed E-state index contributed by atoms with van der Waals surface area (Å²) >= 11 is 6.23. The minimum absolute atomic E-state index is 0.326. The molecule has 10 heteroatoms. The number of nitrogens with zero attached hydrogens (tertiary/aromatic N) is 3. The molecule has 194 valence electrons. The molecule has 4 aromatic rings. The lowest BCUT2D eigenvalue weighted by molar-refractivity contribution is -0.113. The Morgan fingerprint density at radius 2 is 1.76 bits per heavy atom. The van der Waals surface area contributed by atoms with Gasteiger partial charge in [0.25, 0.3) is 5.91 Å². The minimum Gasteiger partial charge on any atom is -0.497 e. The molecule has 5 rings (SSSR count). The maximum atomic E-state index is 13.9. The lowest BCUT2D eigenvalue weighted by atomic mass is 9.94. The monoisotopic (exact) mass is 531 g/mol. The van der Waals surface area contributed by atoms with Crippen molar-refractivity contribution < 1.29 is 19.0 Å². The van der Waals surface area contributed by atoms with Crippen LogP contribution < -0.4 is 24.8 Å². The van der Waals surface area contributed by atoms with Crippen molar-refractivity contribution in [3.8, 4) is 28.6 Å². The molecule has 38 heavy (non-hydrogen) atoms. The second-order valence-electron chi connectivity index (χ2n) is 8.54. The van der Waals surface area contributed by atoms with Crippen LogP contribution in [-0.4, -0.2) is 42.0 Å². The molecule has 1 aliphatic rings. The second kappa shape index (κ2) is 10.5. The van der Waals surface area contributed by atoms with Gasteiger partial charge in [0.15, 0.2) is 5.82 Å². The highest BCUT2D eigenvalue weighted by Gasteiger charge is 2.36. The van der Waals surface area contributed by atoms with E-state index in [0.717, 1.165) is 5.56 Å². The summed E-state index contributed by atoms with van der Waals surface area (Å²) in [6, 6.07) is 19.3. The largest absolute Gasteiger partial charge is 0.497 e. The van der Waals surface area contributed by atoms with Crippen molar-refractivity contribution >= 4 is 29.1 Å². The van der Waals surface area contributed by atoms with Crippen LogP contribution in [0.25, 0.3) is 11.4 Å². The Kier molecular flexibility index (Phi) is 6.93. The highest BCUT2D eigenvalue weighted by atomic mass is 35.5. The molecule has 2 N–H and O–H groups in total. The number of rotatable bonds is 7. The first-order valence-electron chi connectivity index (χ1n) is 11.8. The molecule has 0 saturated carbocycles. The van der Waals surface area contributed by atoms with Gasteiger partial charge in [0.05, 0.1) is 32.6 Å². The summed E-state index contributed by atoms with van der Waals surface area (Å²) in [5, 5.41) is 11.6. The first-order chi connectivity index (χ1) is 18.4. The van der Waals surface area contributed by atoms with Crippen LogP contribution >= 0.6 is 11.6 Å². The van der Waals surface area contributed by atoms with E-state index in [1.165, 1.54) is 0 Å². The van der Waals surface area contributed by atoms with Gasteiger partial charge in [-0.15, -0.1) is 5.10 Å². The van der Waals surface area contributed by atoms with E-state index in [1.54, 1.807) is 56.3 Å². The van der Waals surface area contributed by atoms with E-state index < -0.39 is 6.04 Å². The van der Waals surface area contributed by atoms with Crippen molar-refractivity contribution in [2.24, 2.45) is 0 Å². The van der Waals surface area contributed by atoms with Crippen LogP contribution in [-0.2, 0) is 4.79 Å². The maximum Gasteiger partial charge on any atom is 0.255 e. The van der Waals surface area contributed by atoms with Gasteiger partial charge in [0, 0.05) is 27.9 Å². The van der Waals surface area contributed by atoms with Gasteiger partial charge in [-0.05, 0) is 43.3 Å². The molecular formula is C28H26ClN5O4. The van der Waals surface area contributed by atoms with Gasteiger partial charge in [-0.1, -0.05) is 35.9 Å². The number of benzene rings is 3. The van der Waals surface area contributed by atoms with Crippen LogP contribution in [0.4, 0.5) is 11.6 Å². The van der Waals surface area contributed by atoms with Crippen molar-refractivity contribution in [2.45, 2.75) is 13.0 Å². The van der Waals surface area contributed by atoms with Crippen molar-refractivity contribution in [3.63, 3.8) is 0 Å². The smallest absolute Gasteiger partial charge is 0.255 e. The van der Waals surface area contributed by atoms with Gasteiger partial charge in [-0.25, -0.2) is 4.68 Å². The average Bonchev–Trinajstić information content (AvgIpc) is 3.36. The number of methoxy groups -OCH3 is 3. The number of halogens is 1. The molecule has 1 atom stereocenters. The Morgan fingerprint density at radius 3 is 2.50 bits per heavy atom. The number of ether oxygens (including phenoxy) is 3. The van der Waals surface area contributed by atoms with Crippen LogP contribution in [0.3, 0.4) is 0 Å². The third-order valence-corrected chi connectivity index (χ3v) is 6.51. The van der Waals surface area contributed by atoms with Crippen LogP contribution in [0.5, 0.6) is 17.2 Å². The van der Waals surface area contributed by atoms with Crippen molar-refractivity contribution in [3.05, 3.63) is 88.6 Å². The van der Waals surface area contributed by atoms with Crippen molar-refractivity contribution in [2.75, 3.05) is 32.0 Å². The Hall–Kier alpha value is -4.50. The predicted octanol–water partition coefficient (Wildman–Crippen LogP) is 5.55. The zero-order chi connectivity index (χ0) is 26.8. The van der Waals surface area contributed by atoms with E-state index in [1.807, 2.05) is 43.3 Å². The van der Waals surface area contributed by atoms with Crippen LogP contribution in [0, 0.1) is 0 Å². The molecule has 3 aromatic carbocycles. The summed E-state index contributed by atoms with van der Waals surface area (Å²) in [6.07, 6.45) is 0. The summed E-state index contributed by atoms with van der Waals surface area (Å²) in [5.41, 5.74) is 3.07. The van der Waals surface area contributed by atoms with E-state index in [2.05, 4.69) is 10.6 Å². The van der Waals surface area contributed by atoms with Gasteiger partial charge < -0.3 is 24.8 Å². The van der Waals surface area contributed by atoms with Crippen molar-refractivity contribution in [1.82, 2.24) is 14.8 Å². The molecule has 0 radical (unpaired) electrons.